The number of nitrogens with one attached hydrogen (secondary N) is 1. The molecule has 2 aromatic carbocycles. The van der Waals surface area contributed by atoms with Gasteiger partial charge in [0.05, 0.1) is 17.2 Å². The summed E-state index contributed by atoms with van der Waals surface area (Å²) in [7, 11) is 0. The maximum atomic E-state index is 13.2. The first-order valence-electron chi connectivity index (χ1n) is 6.31. The molecule has 2 rings (SSSR count). The fourth-order valence-corrected chi connectivity index (χ4v) is 1.93. The maximum Gasteiger partial charge on any atom is 0.257 e. The van der Waals surface area contributed by atoms with Crippen LogP contribution in [0.3, 0.4) is 0 Å². The van der Waals surface area contributed by atoms with Crippen molar-refractivity contribution in [3.8, 4) is 5.75 Å². The minimum atomic E-state index is -1.15. The van der Waals surface area contributed by atoms with Crippen LogP contribution in [-0.4, -0.2) is 24.2 Å². The van der Waals surface area contributed by atoms with Crippen molar-refractivity contribution in [1.29, 1.82) is 0 Å². The summed E-state index contributed by atoms with van der Waals surface area (Å²) in [5.74, 6) is -2.40. The number of carbonyl (C=O) groups is 1. The highest BCUT2D eigenvalue weighted by molar-refractivity contribution is 6.34. The summed E-state index contributed by atoms with van der Waals surface area (Å²) in [6.45, 7) is 0.0588. The van der Waals surface area contributed by atoms with Crippen molar-refractivity contribution >= 4 is 23.2 Å². The third kappa shape index (κ3) is 3.93. The number of halogens is 3. The van der Waals surface area contributed by atoms with Crippen molar-refractivity contribution in [3.63, 3.8) is 0 Å². The Morgan fingerprint density at radius 1 is 1.18 bits per heavy atom. The highest BCUT2D eigenvalue weighted by Gasteiger charge is 2.15. The van der Waals surface area contributed by atoms with E-state index in [0.717, 1.165) is 12.1 Å². The highest BCUT2D eigenvalue weighted by Crippen LogP contribution is 2.22. The molecule has 2 N–H and O–H groups in total. The smallest absolute Gasteiger partial charge is 0.257 e. The summed E-state index contributed by atoms with van der Waals surface area (Å²) in [4.78, 5) is 12.0. The Bertz CT molecular complexity index is 677. The number of benzene rings is 2. The van der Waals surface area contributed by atoms with Crippen LogP contribution >= 0.6 is 11.6 Å². The molecule has 0 radical (unpaired) electrons. The molecule has 0 aliphatic rings. The molecule has 7 heteroatoms. The molecule has 4 nitrogen and oxygen atoms in total. The van der Waals surface area contributed by atoms with E-state index in [0.29, 0.717) is 11.4 Å². The molecule has 0 atom stereocenters. The SMILES string of the molecule is O=C(Nc1ccc(OCCO)cc1)c1cc(F)c(F)cc1Cl. The largest absolute Gasteiger partial charge is 0.491 e. The van der Waals surface area contributed by atoms with Crippen molar-refractivity contribution in [3.05, 3.63) is 58.6 Å². The fraction of sp³-hybridized carbons (Fsp3) is 0.133. The monoisotopic (exact) mass is 327 g/mol. The van der Waals surface area contributed by atoms with E-state index >= 15 is 0 Å². The molecule has 0 fully saturated rings. The second kappa shape index (κ2) is 7.20. The van der Waals surface area contributed by atoms with E-state index in [1.807, 2.05) is 0 Å². The van der Waals surface area contributed by atoms with E-state index in [4.69, 9.17) is 21.4 Å². The Balaban J connectivity index is 2.10. The van der Waals surface area contributed by atoms with Gasteiger partial charge in [-0.2, -0.15) is 0 Å². The molecule has 0 heterocycles. The normalized spacial score (nSPS) is 10.4. The van der Waals surface area contributed by atoms with Gasteiger partial charge in [0.2, 0.25) is 0 Å². The molecule has 0 spiro atoms. The molecule has 0 unspecified atom stereocenters. The van der Waals surface area contributed by atoms with Gasteiger partial charge < -0.3 is 15.2 Å². The van der Waals surface area contributed by atoms with E-state index in [9.17, 15) is 13.6 Å². The molecule has 116 valence electrons. The predicted octanol–water partition coefficient (Wildman–Crippen LogP) is 3.24. The summed E-state index contributed by atoms with van der Waals surface area (Å²) in [6, 6.07) is 7.82. The third-order valence-electron chi connectivity index (χ3n) is 2.73. The molecular weight excluding hydrogens is 316 g/mol. The lowest BCUT2D eigenvalue weighted by Crippen LogP contribution is -2.13. The molecule has 0 saturated heterocycles. The summed E-state index contributed by atoms with van der Waals surface area (Å²) in [6.07, 6.45) is 0. The molecule has 2 aromatic rings. The predicted molar refractivity (Wildman–Crippen MR) is 78.3 cm³/mol. The Morgan fingerprint density at radius 3 is 2.45 bits per heavy atom. The van der Waals surface area contributed by atoms with Gasteiger partial charge in [-0.05, 0) is 36.4 Å². The zero-order valence-electron chi connectivity index (χ0n) is 11.3. The van der Waals surface area contributed by atoms with Crippen LogP contribution in [0.5, 0.6) is 5.75 Å². The van der Waals surface area contributed by atoms with E-state index in [-0.39, 0.29) is 23.8 Å². The summed E-state index contributed by atoms with van der Waals surface area (Å²) in [5.41, 5.74) is 0.267. The van der Waals surface area contributed by atoms with Gasteiger partial charge in [0.15, 0.2) is 11.6 Å². The van der Waals surface area contributed by atoms with Gasteiger partial charge in [0.1, 0.15) is 12.4 Å². The summed E-state index contributed by atoms with van der Waals surface area (Å²) < 4.78 is 31.3. The van der Waals surface area contributed by atoms with E-state index in [2.05, 4.69) is 5.32 Å². The van der Waals surface area contributed by atoms with Gasteiger partial charge in [-0.1, -0.05) is 11.6 Å². The zero-order chi connectivity index (χ0) is 16.1. The highest BCUT2D eigenvalue weighted by atomic mass is 35.5. The molecule has 0 aliphatic carbocycles. The van der Waals surface area contributed by atoms with Gasteiger partial charge in [0.25, 0.3) is 5.91 Å². The third-order valence-corrected chi connectivity index (χ3v) is 3.04. The first-order valence-corrected chi connectivity index (χ1v) is 6.68. The van der Waals surface area contributed by atoms with Crippen LogP contribution in [0.25, 0.3) is 0 Å². The van der Waals surface area contributed by atoms with Crippen LogP contribution < -0.4 is 10.1 Å². The van der Waals surface area contributed by atoms with Gasteiger partial charge in [-0.25, -0.2) is 8.78 Å². The summed E-state index contributed by atoms with van der Waals surface area (Å²) >= 11 is 5.73. The number of ether oxygens (including phenoxy) is 1. The van der Waals surface area contributed by atoms with Crippen molar-refractivity contribution < 1.29 is 23.4 Å². The Kier molecular flexibility index (Phi) is 5.30. The van der Waals surface area contributed by atoms with Gasteiger partial charge in [-0.15, -0.1) is 0 Å². The molecule has 0 aromatic heterocycles. The number of rotatable bonds is 5. The Labute approximate surface area is 130 Å². The molecule has 1 amide bonds. The molecular formula is C15H12ClF2NO3. The maximum absolute atomic E-state index is 13.2. The lowest BCUT2D eigenvalue weighted by molar-refractivity contribution is 0.102. The van der Waals surface area contributed by atoms with Crippen LogP contribution in [0.4, 0.5) is 14.5 Å². The van der Waals surface area contributed by atoms with Crippen LogP contribution in [0.15, 0.2) is 36.4 Å². The number of hydrogen-bond acceptors (Lipinski definition) is 3. The van der Waals surface area contributed by atoms with Crippen molar-refractivity contribution in [2.24, 2.45) is 0 Å². The van der Waals surface area contributed by atoms with E-state index in [1.54, 1.807) is 24.3 Å². The minimum Gasteiger partial charge on any atom is -0.491 e. The van der Waals surface area contributed by atoms with Crippen LogP contribution in [-0.2, 0) is 0 Å². The van der Waals surface area contributed by atoms with E-state index in [1.165, 1.54) is 0 Å². The second-order valence-electron chi connectivity index (χ2n) is 4.30. The number of hydrogen-bond donors (Lipinski definition) is 2. The lowest BCUT2D eigenvalue weighted by atomic mass is 10.2. The van der Waals surface area contributed by atoms with Gasteiger partial charge in [-0.3, -0.25) is 4.79 Å². The first kappa shape index (κ1) is 16.2. The van der Waals surface area contributed by atoms with Gasteiger partial charge in [0, 0.05) is 5.69 Å². The minimum absolute atomic E-state index is 0.104. The number of anilines is 1. The van der Waals surface area contributed by atoms with E-state index < -0.39 is 17.5 Å². The fourth-order valence-electron chi connectivity index (χ4n) is 1.69. The topological polar surface area (TPSA) is 58.6 Å². The standard InChI is InChI=1S/C15H12ClF2NO3/c16-12-8-14(18)13(17)7-11(12)15(21)19-9-1-3-10(4-2-9)22-6-5-20/h1-4,7-8,20H,5-6H2,(H,19,21). The number of amides is 1. The molecule has 0 bridgehead atoms. The Morgan fingerprint density at radius 2 is 1.82 bits per heavy atom. The number of aliphatic hydroxyl groups excluding tert-OH is 1. The molecule has 0 aliphatic heterocycles. The van der Waals surface area contributed by atoms with Crippen LogP contribution in [0.2, 0.25) is 5.02 Å². The molecule has 0 saturated carbocycles. The lowest BCUT2D eigenvalue weighted by Gasteiger charge is -2.09. The number of aliphatic hydroxyl groups is 1. The molecule has 22 heavy (non-hydrogen) atoms. The second-order valence-corrected chi connectivity index (χ2v) is 4.70. The quantitative estimate of drug-likeness (QED) is 0.829. The first-order chi connectivity index (χ1) is 10.5. The Hall–Kier alpha value is -2.18. The average molecular weight is 328 g/mol. The average Bonchev–Trinajstić information content (AvgIpc) is 2.50. The van der Waals surface area contributed by atoms with Crippen molar-refractivity contribution in [1.82, 2.24) is 0 Å². The van der Waals surface area contributed by atoms with Crippen LogP contribution in [0, 0.1) is 11.6 Å². The number of carbonyl (C=O) groups excluding carboxylic acids is 1. The van der Waals surface area contributed by atoms with Crippen molar-refractivity contribution in [2.45, 2.75) is 0 Å². The van der Waals surface area contributed by atoms with Gasteiger partial charge >= 0.3 is 0 Å². The summed E-state index contributed by atoms with van der Waals surface area (Å²) in [5, 5.41) is 11.0. The van der Waals surface area contributed by atoms with Crippen molar-refractivity contribution in [2.75, 3.05) is 18.5 Å². The zero-order valence-corrected chi connectivity index (χ0v) is 12.0. The van der Waals surface area contributed by atoms with Crippen LogP contribution in [0.1, 0.15) is 10.4 Å².